The van der Waals surface area contributed by atoms with Gasteiger partial charge in [0.1, 0.15) is 6.54 Å². The van der Waals surface area contributed by atoms with Crippen molar-refractivity contribution in [2.24, 2.45) is 0 Å². The van der Waals surface area contributed by atoms with Crippen LogP contribution in [-0.4, -0.2) is 64.3 Å². The van der Waals surface area contributed by atoms with E-state index < -0.39 is 0 Å². The number of amides is 3. The molecule has 186 valence electrons. The molecule has 3 heterocycles. The van der Waals surface area contributed by atoms with Crippen LogP contribution in [0.1, 0.15) is 17.5 Å². The van der Waals surface area contributed by atoms with Crippen molar-refractivity contribution in [3.8, 4) is 0 Å². The second-order valence-corrected chi connectivity index (χ2v) is 10.7. The first-order valence-electron chi connectivity index (χ1n) is 11.9. The molecule has 1 aromatic heterocycles. The van der Waals surface area contributed by atoms with Crippen molar-refractivity contribution in [3.05, 3.63) is 75.2 Å². The lowest BCUT2D eigenvalue weighted by Crippen LogP contribution is -2.42. The molecule has 0 saturated carbocycles. The van der Waals surface area contributed by atoms with Crippen molar-refractivity contribution in [1.82, 2.24) is 14.4 Å². The number of imide groups is 1. The van der Waals surface area contributed by atoms with Gasteiger partial charge in [-0.15, -0.1) is 0 Å². The van der Waals surface area contributed by atoms with E-state index in [1.165, 1.54) is 10.5 Å². The normalized spacial score (nSPS) is 17.5. The van der Waals surface area contributed by atoms with Crippen LogP contribution >= 0.6 is 27.7 Å². The third kappa shape index (κ3) is 5.43. The molecule has 2 fully saturated rings. The average Bonchev–Trinajstić information content (AvgIpc) is 3.36. The Bertz CT molecular complexity index is 1330. The number of hydrogen-bond acceptors (Lipinski definition) is 5. The SMILES string of the molecule is O=C(Cn1cc(/C=C2\SC(=O)N(CCCc3ccccc3)C2=O)c2cc(Br)ccc21)N1CCOCC1. The molecule has 0 radical (unpaired) electrons. The van der Waals surface area contributed by atoms with Gasteiger partial charge in [0.2, 0.25) is 5.91 Å². The number of benzene rings is 2. The van der Waals surface area contributed by atoms with Gasteiger partial charge in [-0.1, -0.05) is 46.3 Å². The standard InChI is InChI=1S/C27H26BrN3O4S/c28-21-8-9-23-22(16-21)20(17-30(23)18-25(32)29-11-13-35-14-12-29)15-24-26(33)31(27(34)36-24)10-4-7-19-5-2-1-3-6-19/h1-3,5-6,8-9,15-17H,4,7,10-14,18H2/b24-15-. The molecule has 36 heavy (non-hydrogen) atoms. The predicted octanol–water partition coefficient (Wildman–Crippen LogP) is 4.93. The van der Waals surface area contributed by atoms with Crippen LogP contribution in [0.4, 0.5) is 4.79 Å². The predicted molar refractivity (Wildman–Crippen MR) is 144 cm³/mol. The molecule has 3 amide bonds. The third-order valence-corrected chi connectivity index (χ3v) is 7.79. The largest absolute Gasteiger partial charge is 0.378 e. The first-order valence-corrected chi connectivity index (χ1v) is 13.5. The average molecular weight is 568 g/mol. The van der Waals surface area contributed by atoms with E-state index in [2.05, 4.69) is 15.9 Å². The summed E-state index contributed by atoms with van der Waals surface area (Å²) in [5, 5.41) is 0.668. The van der Waals surface area contributed by atoms with E-state index in [4.69, 9.17) is 4.74 Å². The molecule has 0 bridgehead atoms. The van der Waals surface area contributed by atoms with Crippen LogP contribution in [0.25, 0.3) is 17.0 Å². The molecule has 5 rings (SSSR count). The zero-order valence-corrected chi connectivity index (χ0v) is 22.1. The van der Waals surface area contributed by atoms with E-state index in [0.29, 0.717) is 44.2 Å². The minimum Gasteiger partial charge on any atom is -0.378 e. The molecule has 0 atom stereocenters. The molecule has 9 heteroatoms. The van der Waals surface area contributed by atoms with Gasteiger partial charge in [-0.05, 0) is 54.4 Å². The molecule has 0 N–H and O–H groups in total. The number of hydrogen-bond donors (Lipinski definition) is 0. The molecular weight excluding hydrogens is 542 g/mol. The minimum absolute atomic E-state index is 0.0309. The van der Waals surface area contributed by atoms with E-state index in [0.717, 1.165) is 39.1 Å². The Balaban J connectivity index is 1.35. The van der Waals surface area contributed by atoms with Gasteiger partial charge in [-0.3, -0.25) is 19.3 Å². The Kier molecular flexibility index (Phi) is 7.59. The van der Waals surface area contributed by atoms with E-state index in [1.807, 2.05) is 64.2 Å². The zero-order valence-electron chi connectivity index (χ0n) is 19.7. The van der Waals surface area contributed by atoms with Gasteiger partial charge >= 0.3 is 0 Å². The Hall–Kier alpha value is -2.88. The van der Waals surface area contributed by atoms with Crippen LogP contribution in [0.5, 0.6) is 0 Å². The summed E-state index contributed by atoms with van der Waals surface area (Å²) >= 11 is 4.50. The fraction of sp³-hybridized carbons (Fsp3) is 0.296. The Morgan fingerprint density at radius 1 is 1.08 bits per heavy atom. The fourth-order valence-electron chi connectivity index (χ4n) is 4.52. The second-order valence-electron chi connectivity index (χ2n) is 8.79. The minimum atomic E-state index is -0.265. The van der Waals surface area contributed by atoms with Gasteiger partial charge in [-0.2, -0.15) is 0 Å². The van der Waals surface area contributed by atoms with Gasteiger partial charge in [0.15, 0.2) is 0 Å². The number of aryl methyl sites for hydroxylation is 1. The number of nitrogens with zero attached hydrogens (tertiary/aromatic N) is 3. The lowest BCUT2D eigenvalue weighted by atomic mass is 10.1. The molecule has 2 aliphatic rings. The summed E-state index contributed by atoms with van der Waals surface area (Å²) < 4.78 is 8.17. The van der Waals surface area contributed by atoms with Crippen LogP contribution in [-0.2, 0) is 27.3 Å². The number of carbonyl (C=O) groups is 3. The summed E-state index contributed by atoms with van der Waals surface area (Å²) in [5.74, 6) is -0.234. The number of morpholine rings is 1. The van der Waals surface area contributed by atoms with Crippen molar-refractivity contribution >= 4 is 61.7 Å². The summed E-state index contributed by atoms with van der Waals surface area (Å²) in [5.41, 5.74) is 2.88. The van der Waals surface area contributed by atoms with Crippen LogP contribution < -0.4 is 0 Å². The zero-order chi connectivity index (χ0) is 25.1. The van der Waals surface area contributed by atoms with Crippen molar-refractivity contribution in [3.63, 3.8) is 0 Å². The van der Waals surface area contributed by atoms with E-state index in [9.17, 15) is 14.4 Å². The van der Waals surface area contributed by atoms with Crippen molar-refractivity contribution in [1.29, 1.82) is 0 Å². The third-order valence-electron chi connectivity index (χ3n) is 6.39. The lowest BCUT2D eigenvalue weighted by molar-refractivity contribution is -0.135. The van der Waals surface area contributed by atoms with Gasteiger partial charge < -0.3 is 14.2 Å². The van der Waals surface area contributed by atoms with Gasteiger partial charge in [-0.25, -0.2) is 0 Å². The monoisotopic (exact) mass is 567 g/mol. The van der Waals surface area contributed by atoms with Crippen molar-refractivity contribution < 1.29 is 19.1 Å². The number of halogens is 1. The summed E-state index contributed by atoms with van der Waals surface area (Å²) in [7, 11) is 0. The highest BCUT2D eigenvalue weighted by Gasteiger charge is 2.34. The molecule has 2 aliphatic heterocycles. The molecule has 0 unspecified atom stereocenters. The quantitative estimate of drug-likeness (QED) is 0.378. The maximum absolute atomic E-state index is 13.1. The van der Waals surface area contributed by atoms with Crippen LogP contribution in [0, 0.1) is 0 Å². The number of carbonyl (C=O) groups excluding carboxylic acids is 3. The summed E-state index contributed by atoms with van der Waals surface area (Å²) in [4.78, 5) is 42.1. The fourth-order valence-corrected chi connectivity index (χ4v) is 5.74. The van der Waals surface area contributed by atoms with Crippen molar-refractivity contribution in [2.45, 2.75) is 19.4 Å². The van der Waals surface area contributed by atoms with Crippen LogP contribution in [0.15, 0.2) is 64.1 Å². The van der Waals surface area contributed by atoms with Gasteiger partial charge in [0, 0.05) is 46.8 Å². The molecule has 7 nitrogen and oxygen atoms in total. The maximum atomic E-state index is 13.1. The maximum Gasteiger partial charge on any atom is 0.293 e. The molecule has 3 aromatic rings. The Morgan fingerprint density at radius 2 is 1.86 bits per heavy atom. The lowest BCUT2D eigenvalue weighted by Gasteiger charge is -2.27. The molecular formula is C27H26BrN3O4S. The van der Waals surface area contributed by atoms with Gasteiger partial charge in [0.25, 0.3) is 11.1 Å². The number of fused-ring (bicyclic) bond motifs is 1. The first kappa shape index (κ1) is 24.8. The summed E-state index contributed by atoms with van der Waals surface area (Å²) in [6.07, 6.45) is 5.18. The highest BCUT2D eigenvalue weighted by molar-refractivity contribution is 9.10. The summed E-state index contributed by atoms with van der Waals surface area (Å²) in [6.45, 7) is 2.88. The summed E-state index contributed by atoms with van der Waals surface area (Å²) in [6, 6.07) is 15.9. The topological polar surface area (TPSA) is 71.9 Å². The Labute approximate surface area is 222 Å². The number of ether oxygens (including phenoxy) is 1. The first-order chi connectivity index (χ1) is 17.5. The number of rotatable bonds is 7. The number of thioether (sulfide) groups is 1. The van der Waals surface area contributed by atoms with E-state index >= 15 is 0 Å². The van der Waals surface area contributed by atoms with Gasteiger partial charge in [0.05, 0.1) is 18.1 Å². The molecule has 2 saturated heterocycles. The highest BCUT2D eigenvalue weighted by atomic mass is 79.9. The molecule has 0 spiro atoms. The van der Waals surface area contributed by atoms with Crippen molar-refractivity contribution in [2.75, 3.05) is 32.8 Å². The molecule has 2 aromatic carbocycles. The second kappa shape index (κ2) is 11.0. The Morgan fingerprint density at radius 3 is 2.64 bits per heavy atom. The number of aromatic nitrogens is 1. The van der Waals surface area contributed by atoms with Crippen LogP contribution in [0.3, 0.4) is 0 Å². The highest BCUT2D eigenvalue weighted by Crippen LogP contribution is 2.35. The van der Waals surface area contributed by atoms with E-state index in [1.54, 1.807) is 6.08 Å². The molecule has 0 aliphatic carbocycles. The smallest absolute Gasteiger partial charge is 0.293 e. The van der Waals surface area contributed by atoms with E-state index in [-0.39, 0.29) is 23.6 Å². The van der Waals surface area contributed by atoms with Crippen LogP contribution in [0.2, 0.25) is 0 Å².